The Hall–Kier alpha value is -1.89. The number of carbonyl (C=O) groups excluding carboxylic acids is 1. The van der Waals surface area contributed by atoms with E-state index in [9.17, 15) is 9.18 Å². The number of carbonyl (C=O) groups is 1. The summed E-state index contributed by atoms with van der Waals surface area (Å²) < 4.78 is 18.0. The van der Waals surface area contributed by atoms with Gasteiger partial charge in [0.25, 0.3) is 0 Å². The van der Waals surface area contributed by atoms with Crippen molar-refractivity contribution in [2.75, 3.05) is 7.11 Å². The Morgan fingerprint density at radius 1 is 1.57 bits per heavy atom. The smallest absolute Gasteiger partial charge is 0.167 e. The van der Waals surface area contributed by atoms with E-state index in [1.54, 1.807) is 6.07 Å². The first-order valence-corrected chi connectivity index (χ1v) is 3.88. The molecule has 0 N–H and O–H groups in total. The molecule has 0 aromatic heterocycles. The number of rotatable bonds is 2. The lowest BCUT2D eigenvalue weighted by Crippen LogP contribution is -2.01. The molecular formula is C10H8FNO2. The summed E-state index contributed by atoms with van der Waals surface area (Å²) in [6.45, 7) is 1.29. The Balaban J connectivity index is 3.45. The molecule has 0 bridgehead atoms. The Labute approximate surface area is 80.7 Å². The van der Waals surface area contributed by atoms with Crippen LogP contribution in [0.2, 0.25) is 0 Å². The van der Waals surface area contributed by atoms with Gasteiger partial charge in [-0.2, -0.15) is 5.26 Å². The van der Waals surface area contributed by atoms with Gasteiger partial charge in [-0.1, -0.05) is 0 Å². The fourth-order valence-electron chi connectivity index (χ4n) is 1.13. The number of benzene rings is 1. The number of methoxy groups -OCH3 is 1. The normalized spacial score (nSPS) is 9.29. The van der Waals surface area contributed by atoms with Crippen LogP contribution in [0.15, 0.2) is 12.1 Å². The zero-order valence-electron chi connectivity index (χ0n) is 7.80. The molecule has 14 heavy (non-hydrogen) atoms. The molecule has 0 saturated carbocycles. The molecule has 0 saturated heterocycles. The van der Waals surface area contributed by atoms with Crippen molar-refractivity contribution >= 4 is 5.78 Å². The summed E-state index contributed by atoms with van der Waals surface area (Å²) in [4.78, 5) is 11.1. The number of hydrogen-bond acceptors (Lipinski definition) is 3. The molecule has 0 aliphatic rings. The van der Waals surface area contributed by atoms with E-state index < -0.39 is 5.82 Å². The lowest BCUT2D eigenvalue weighted by Gasteiger charge is -2.06. The maximum absolute atomic E-state index is 13.2. The van der Waals surface area contributed by atoms with Gasteiger partial charge in [-0.15, -0.1) is 0 Å². The Morgan fingerprint density at radius 3 is 2.64 bits per heavy atom. The second kappa shape index (κ2) is 3.88. The van der Waals surface area contributed by atoms with Crippen LogP contribution in [0, 0.1) is 17.1 Å². The zero-order valence-corrected chi connectivity index (χ0v) is 7.80. The van der Waals surface area contributed by atoms with Crippen molar-refractivity contribution in [2.24, 2.45) is 0 Å². The van der Waals surface area contributed by atoms with E-state index in [1.165, 1.54) is 20.1 Å². The predicted molar refractivity (Wildman–Crippen MR) is 47.7 cm³/mol. The van der Waals surface area contributed by atoms with E-state index in [2.05, 4.69) is 0 Å². The monoisotopic (exact) mass is 193 g/mol. The summed E-state index contributed by atoms with van der Waals surface area (Å²) in [5, 5.41) is 8.56. The highest BCUT2D eigenvalue weighted by Crippen LogP contribution is 2.24. The minimum absolute atomic E-state index is 0.0871. The zero-order chi connectivity index (χ0) is 10.7. The largest absolute Gasteiger partial charge is 0.493 e. The van der Waals surface area contributed by atoms with Crippen LogP contribution in [-0.2, 0) is 0 Å². The molecule has 1 aromatic rings. The van der Waals surface area contributed by atoms with E-state index in [0.29, 0.717) is 0 Å². The van der Waals surface area contributed by atoms with Crippen LogP contribution >= 0.6 is 0 Å². The van der Waals surface area contributed by atoms with E-state index in [4.69, 9.17) is 10.00 Å². The minimum atomic E-state index is -0.697. The molecule has 0 fully saturated rings. The molecule has 4 heteroatoms. The molecule has 0 atom stereocenters. The van der Waals surface area contributed by atoms with Crippen molar-refractivity contribution in [3.05, 3.63) is 29.1 Å². The predicted octanol–water partition coefficient (Wildman–Crippen LogP) is 1.91. The molecule has 0 spiro atoms. The lowest BCUT2D eigenvalue weighted by molar-refractivity contribution is 0.101. The van der Waals surface area contributed by atoms with Crippen LogP contribution in [0.25, 0.3) is 0 Å². The third-order valence-corrected chi connectivity index (χ3v) is 1.76. The van der Waals surface area contributed by atoms with Crippen LogP contribution in [-0.4, -0.2) is 12.9 Å². The average Bonchev–Trinajstić information content (AvgIpc) is 2.16. The Bertz CT molecular complexity index is 421. The first kappa shape index (κ1) is 10.2. The third kappa shape index (κ3) is 1.72. The number of Topliss-reactive ketones (excluding diaryl/α,β-unsaturated/α-hetero) is 1. The summed E-state index contributed by atoms with van der Waals surface area (Å²) in [6.07, 6.45) is 0. The van der Waals surface area contributed by atoms with Gasteiger partial charge in [-0.05, 0) is 19.1 Å². The molecule has 1 rings (SSSR count). The minimum Gasteiger partial charge on any atom is -0.493 e. The highest BCUT2D eigenvalue weighted by Gasteiger charge is 2.14. The summed E-state index contributed by atoms with van der Waals surface area (Å²) in [5.74, 6) is -1.15. The van der Waals surface area contributed by atoms with Crippen molar-refractivity contribution in [1.29, 1.82) is 5.26 Å². The van der Waals surface area contributed by atoms with Crippen molar-refractivity contribution in [2.45, 2.75) is 6.92 Å². The van der Waals surface area contributed by atoms with Gasteiger partial charge in [0.1, 0.15) is 0 Å². The molecule has 0 amide bonds. The molecule has 3 nitrogen and oxygen atoms in total. The van der Waals surface area contributed by atoms with Gasteiger partial charge in [0.2, 0.25) is 0 Å². The summed E-state index contributed by atoms with van der Waals surface area (Å²) in [6, 6.07) is 4.11. The second-order valence-corrected chi connectivity index (χ2v) is 2.71. The van der Waals surface area contributed by atoms with Crippen molar-refractivity contribution in [3.63, 3.8) is 0 Å². The molecular weight excluding hydrogens is 185 g/mol. The maximum atomic E-state index is 13.2. The topological polar surface area (TPSA) is 50.1 Å². The van der Waals surface area contributed by atoms with Gasteiger partial charge in [0, 0.05) is 0 Å². The molecule has 0 aliphatic heterocycles. The molecule has 0 unspecified atom stereocenters. The molecule has 72 valence electrons. The SMILES string of the molecule is COc1c(F)cc(C#N)cc1C(C)=O. The molecule has 1 aromatic carbocycles. The average molecular weight is 193 g/mol. The summed E-state index contributed by atoms with van der Waals surface area (Å²) in [5.41, 5.74) is 0.192. The molecule has 0 radical (unpaired) electrons. The first-order valence-electron chi connectivity index (χ1n) is 3.88. The number of ether oxygens (including phenoxy) is 1. The van der Waals surface area contributed by atoms with Crippen LogP contribution in [0.3, 0.4) is 0 Å². The van der Waals surface area contributed by atoms with Crippen LogP contribution in [0.4, 0.5) is 4.39 Å². The fraction of sp³-hybridized carbons (Fsp3) is 0.200. The van der Waals surface area contributed by atoms with Gasteiger partial charge in [0.05, 0.1) is 24.3 Å². The highest BCUT2D eigenvalue weighted by molar-refractivity contribution is 5.97. The number of nitrogens with zero attached hydrogens (tertiary/aromatic N) is 1. The third-order valence-electron chi connectivity index (χ3n) is 1.76. The standard InChI is InChI=1S/C10H8FNO2/c1-6(13)8-3-7(5-12)4-9(11)10(8)14-2/h3-4H,1-2H3. The summed E-state index contributed by atoms with van der Waals surface area (Å²) >= 11 is 0. The van der Waals surface area contributed by atoms with E-state index in [1.807, 2.05) is 0 Å². The maximum Gasteiger partial charge on any atom is 0.167 e. The van der Waals surface area contributed by atoms with E-state index >= 15 is 0 Å². The number of nitriles is 1. The molecule has 0 heterocycles. The van der Waals surface area contributed by atoms with Gasteiger partial charge in [0.15, 0.2) is 17.3 Å². The van der Waals surface area contributed by atoms with Gasteiger partial charge >= 0.3 is 0 Å². The number of hydrogen-bond donors (Lipinski definition) is 0. The van der Waals surface area contributed by atoms with Crippen LogP contribution in [0.1, 0.15) is 22.8 Å². The van der Waals surface area contributed by atoms with Crippen molar-refractivity contribution in [3.8, 4) is 11.8 Å². The molecule has 0 aliphatic carbocycles. The van der Waals surface area contributed by atoms with Crippen molar-refractivity contribution in [1.82, 2.24) is 0 Å². The van der Waals surface area contributed by atoms with E-state index in [-0.39, 0.29) is 22.7 Å². The van der Waals surface area contributed by atoms with Gasteiger partial charge < -0.3 is 4.74 Å². The lowest BCUT2D eigenvalue weighted by atomic mass is 10.1. The van der Waals surface area contributed by atoms with Gasteiger partial charge in [-0.25, -0.2) is 4.39 Å². The fourth-order valence-corrected chi connectivity index (χ4v) is 1.13. The van der Waals surface area contributed by atoms with Crippen molar-refractivity contribution < 1.29 is 13.9 Å². The number of ketones is 1. The number of halogens is 1. The quantitative estimate of drug-likeness (QED) is 0.674. The second-order valence-electron chi connectivity index (χ2n) is 2.71. The van der Waals surface area contributed by atoms with Gasteiger partial charge in [-0.3, -0.25) is 4.79 Å². The van der Waals surface area contributed by atoms with E-state index in [0.717, 1.165) is 6.07 Å². The van der Waals surface area contributed by atoms with Crippen LogP contribution in [0.5, 0.6) is 5.75 Å². The van der Waals surface area contributed by atoms with Crippen LogP contribution < -0.4 is 4.74 Å². The Morgan fingerprint density at radius 2 is 2.21 bits per heavy atom. The first-order chi connectivity index (χ1) is 6.60. The summed E-state index contributed by atoms with van der Waals surface area (Å²) in [7, 11) is 1.27. The Kier molecular flexibility index (Phi) is 2.82. The highest BCUT2D eigenvalue weighted by atomic mass is 19.1.